The molecule has 2 aromatic rings. The predicted octanol–water partition coefficient (Wildman–Crippen LogP) is 2.18. The topological polar surface area (TPSA) is 90.8 Å². The van der Waals surface area contributed by atoms with Crippen molar-refractivity contribution in [3.63, 3.8) is 0 Å². The van der Waals surface area contributed by atoms with Crippen LogP contribution in [0.2, 0.25) is 0 Å². The van der Waals surface area contributed by atoms with Crippen molar-refractivity contribution in [2.45, 2.75) is 13.0 Å². The smallest absolute Gasteiger partial charge is 0.193 e. The number of hydrogen-bond acceptors (Lipinski definition) is 6. The van der Waals surface area contributed by atoms with Gasteiger partial charge in [0.05, 0.1) is 24.6 Å². The molecule has 0 radical (unpaired) electrons. The van der Waals surface area contributed by atoms with Gasteiger partial charge in [-0.15, -0.1) is 0 Å². The van der Waals surface area contributed by atoms with Gasteiger partial charge in [-0.3, -0.25) is 9.69 Å². The van der Waals surface area contributed by atoms with Gasteiger partial charge < -0.3 is 20.9 Å². The number of anilines is 2. The van der Waals surface area contributed by atoms with Gasteiger partial charge in [-0.2, -0.15) is 0 Å². The summed E-state index contributed by atoms with van der Waals surface area (Å²) in [5.74, 6) is 0.656. The van der Waals surface area contributed by atoms with E-state index in [0.29, 0.717) is 22.5 Å². The summed E-state index contributed by atoms with van der Waals surface area (Å²) < 4.78 is 11.3. The molecule has 4 N–H and O–H groups in total. The first-order valence-electron chi connectivity index (χ1n) is 8.79. The summed E-state index contributed by atoms with van der Waals surface area (Å²) >= 11 is 0. The van der Waals surface area contributed by atoms with Crippen LogP contribution in [0.15, 0.2) is 42.5 Å². The molecule has 1 unspecified atom stereocenters. The van der Waals surface area contributed by atoms with Crippen LogP contribution in [0.25, 0.3) is 0 Å². The highest BCUT2D eigenvalue weighted by Crippen LogP contribution is 2.21. The largest absolute Gasteiger partial charge is 0.489 e. The Labute approximate surface area is 153 Å². The Hall–Kier alpha value is -2.57. The molecule has 0 aromatic heterocycles. The first-order chi connectivity index (χ1) is 12.5. The molecule has 0 aliphatic carbocycles. The Morgan fingerprint density at radius 3 is 2.38 bits per heavy atom. The molecule has 1 saturated heterocycles. The van der Waals surface area contributed by atoms with Gasteiger partial charge in [0.2, 0.25) is 0 Å². The van der Waals surface area contributed by atoms with Crippen LogP contribution < -0.4 is 16.2 Å². The van der Waals surface area contributed by atoms with Crippen molar-refractivity contribution in [2.75, 3.05) is 44.3 Å². The lowest BCUT2D eigenvalue weighted by Crippen LogP contribution is -2.41. The van der Waals surface area contributed by atoms with Gasteiger partial charge in [0, 0.05) is 30.8 Å². The molecule has 6 nitrogen and oxygen atoms in total. The minimum atomic E-state index is -0.0929. The molecule has 1 aliphatic rings. The highest BCUT2D eigenvalue weighted by molar-refractivity contribution is 6.09. The van der Waals surface area contributed by atoms with E-state index < -0.39 is 0 Å². The lowest BCUT2D eigenvalue weighted by atomic mass is 10.0. The number of rotatable bonds is 6. The second-order valence-corrected chi connectivity index (χ2v) is 6.54. The van der Waals surface area contributed by atoms with Crippen molar-refractivity contribution >= 4 is 17.2 Å². The van der Waals surface area contributed by atoms with E-state index in [-0.39, 0.29) is 11.9 Å². The maximum Gasteiger partial charge on any atom is 0.193 e. The van der Waals surface area contributed by atoms with E-state index in [4.69, 9.17) is 20.9 Å². The molecule has 26 heavy (non-hydrogen) atoms. The number of nitrogens with zero attached hydrogens (tertiary/aromatic N) is 1. The van der Waals surface area contributed by atoms with Gasteiger partial charge >= 0.3 is 0 Å². The minimum Gasteiger partial charge on any atom is -0.489 e. The quantitative estimate of drug-likeness (QED) is 0.610. The molecule has 138 valence electrons. The average Bonchev–Trinajstić information content (AvgIpc) is 2.65. The Kier molecular flexibility index (Phi) is 5.75. The number of nitrogen functional groups attached to an aromatic ring is 2. The van der Waals surface area contributed by atoms with E-state index in [2.05, 4.69) is 4.90 Å². The summed E-state index contributed by atoms with van der Waals surface area (Å²) in [4.78, 5) is 14.9. The Balaban J connectivity index is 1.60. The molecule has 2 aromatic carbocycles. The summed E-state index contributed by atoms with van der Waals surface area (Å²) in [6.07, 6.45) is 0.0616. The summed E-state index contributed by atoms with van der Waals surface area (Å²) in [6, 6.07) is 12.1. The monoisotopic (exact) mass is 355 g/mol. The first kappa shape index (κ1) is 18.2. The molecule has 1 atom stereocenters. The Bertz CT molecular complexity index is 755. The number of carbonyl (C=O) groups is 1. The van der Waals surface area contributed by atoms with Crippen LogP contribution in [0.4, 0.5) is 11.4 Å². The standard InChI is InChI=1S/C20H25N3O3/c1-14(13-23-8-10-25-11-9-23)26-17-5-2-15(3-6-17)20(24)16-4-7-18(21)19(22)12-16/h2-7,12,14H,8-11,13,21-22H2,1H3. The summed E-state index contributed by atoms with van der Waals surface area (Å²) in [6.45, 7) is 6.33. The van der Waals surface area contributed by atoms with Crippen LogP contribution >= 0.6 is 0 Å². The third kappa shape index (κ3) is 4.53. The molecule has 1 heterocycles. The van der Waals surface area contributed by atoms with Crippen molar-refractivity contribution in [2.24, 2.45) is 0 Å². The predicted molar refractivity (Wildman–Crippen MR) is 102 cm³/mol. The van der Waals surface area contributed by atoms with Crippen molar-refractivity contribution in [1.29, 1.82) is 0 Å². The minimum absolute atomic E-state index is 0.0616. The van der Waals surface area contributed by atoms with Crippen LogP contribution in [0, 0.1) is 0 Å². The SMILES string of the molecule is CC(CN1CCOCC1)Oc1ccc(C(=O)c2ccc(N)c(N)c2)cc1. The molecule has 0 saturated carbocycles. The Morgan fingerprint density at radius 1 is 1.08 bits per heavy atom. The van der Waals surface area contributed by atoms with Gasteiger partial charge in [-0.25, -0.2) is 0 Å². The van der Waals surface area contributed by atoms with Gasteiger partial charge in [0.1, 0.15) is 11.9 Å². The number of benzene rings is 2. The van der Waals surface area contributed by atoms with Crippen molar-refractivity contribution in [3.8, 4) is 5.75 Å². The summed E-state index contributed by atoms with van der Waals surface area (Å²) in [7, 11) is 0. The van der Waals surface area contributed by atoms with Gasteiger partial charge in [-0.05, 0) is 49.4 Å². The molecular weight excluding hydrogens is 330 g/mol. The fourth-order valence-corrected chi connectivity index (χ4v) is 2.98. The van der Waals surface area contributed by atoms with E-state index in [1.54, 1.807) is 30.3 Å². The highest BCUT2D eigenvalue weighted by atomic mass is 16.5. The van der Waals surface area contributed by atoms with E-state index >= 15 is 0 Å². The molecule has 0 amide bonds. The first-order valence-corrected chi connectivity index (χ1v) is 8.79. The van der Waals surface area contributed by atoms with E-state index in [1.165, 1.54) is 0 Å². The lowest BCUT2D eigenvalue weighted by molar-refractivity contribution is 0.0219. The third-order valence-electron chi connectivity index (χ3n) is 4.42. The maximum absolute atomic E-state index is 12.6. The Morgan fingerprint density at radius 2 is 1.73 bits per heavy atom. The zero-order valence-corrected chi connectivity index (χ0v) is 15.0. The van der Waals surface area contributed by atoms with Crippen LogP contribution in [-0.4, -0.2) is 49.6 Å². The highest BCUT2D eigenvalue weighted by Gasteiger charge is 2.15. The summed E-state index contributed by atoms with van der Waals surface area (Å²) in [5, 5.41) is 0. The van der Waals surface area contributed by atoms with Crippen LogP contribution in [0.3, 0.4) is 0 Å². The van der Waals surface area contributed by atoms with Crippen LogP contribution in [0.5, 0.6) is 5.75 Å². The average molecular weight is 355 g/mol. The van der Waals surface area contributed by atoms with Gasteiger partial charge in [0.15, 0.2) is 5.78 Å². The maximum atomic E-state index is 12.6. The fraction of sp³-hybridized carbons (Fsp3) is 0.350. The van der Waals surface area contributed by atoms with Crippen molar-refractivity contribution < 1.29 is 14.3 Å². The van der Waals surface area contributed by atoms with Crippen LogP contribution in [0.1, 0.15) is 22.8 Å². The molecule has 0 spiro atoms. The zero-order chi connectivity index (χ0) is 18.5. The van der Waals surface area contributed by atoms with E-state index in [9.17, 15) is 4.79 Å². The number of morpholine rings is 1. The van der Waals surface area contributed by atoms with Gasteiger partial charge in [-0.1, -0.05) is 0 Å². The molecular formula is C20H25N3O3. The van der Waals surface area contributed by atoms with E-state index in [1.807, 2.05) is 19.1 Å². The number of nitrogens with two attached hydrogens (primary N) is 2. The normalized spacial score (nSPS) is 16.2. The van der Waals surface area contributed by atoms with Crippen molar-refractivity contribution in [3.05, 3.63) is 53.6 Å². The lowest BCUT2D eigenvalue weighted by Gasteiger charge is -2.29. The molecule has 3 rings (SSSR count). The van der Waals surface area contributed by atoms with Crippen molar-refractivity contribution in [1.82, 2.24) is 4.90 Å². The number of ether oxygens (including phenoxy) is 2. The second-order valence-electron chi connectivity index (χ2n) is 6.54. The van der Waals surface area contributed by atoms with Gasteiger partial charge in [0.25, 0.3) is 0 Å². The molecule has 1 fully saturated rings. The fourth-order valence-electron chi connectivity index (χ4n) is 2.98. The molecule has 0 bridgehead atoms. The second kappa shape index (κ2) is 8.21. The molecule has 1 aliphatic heterocycles. The van der Waals surface area contributed by atoms with Crippen LogP contribution in [-0.2, 0) is 4.74 Å². The molecule has 6 heteroatoms. The zero-order valence-electron chi connectivity index (χ0n) is 15.0. The number of hydrogen-bond donors (Lipinski definition) is 2. The summed E-state index contributed by atoms with van der Waals surface area (Å²) in [5.41, 5.74) is 13.5. The number of carbonyl (C=O) groups excluding carboxylic acids is 1. The number of ketones is 1. The van der Waals surface area contributed by atoms with E-state index in [0.717, 1.165) is 38.6 Å². The third-order valence-corrected chi connectivity index (χ3v) is 4.42.